The molecule has 2 aromatic rings. The van der Waals surface area contributed by atoms with Gasteiger partial charge >= 0.3 is 0 Å². The van der Waals surface area contributed by atoms with Crippen LogP contribution in [0.3, 0.4) is 0 Å². The van der Waals surface area contributed by atoms with Gasteiger partial charge in [-0.1, -0.05) is 6.07 Å². The van der Waals surface area contributed by atoms with E-state index < -0.39 is 0 Å². The highest BCUT2D eigenvalue weighted by atomic mass is 15.2. The Morgan fingerprint density at radius 3 is 2.24 bits per heavy atom. The van der Waals surface area contributed by atoms with Crippen molar-refractivity contribution in [1.82, 2.24) is 9.97 Å². The zero-order valence-corrected chi connectivity index (χ0v) is 13.7. The first kappa shape index (κ1) is 15.3. The van der Waals surface area contributed by atoms with E-state index in [1.54, 1.807) is 0 Å². The van der Waals surface area contributed by atoms with Crippen LogP contribution in [0.4, 0.5) is 17.5 Å². The third kappa shape index (κ3) is 4.45. The predicted molar refractivity (Wildman–Crippen MR) is 89.3 cm³/mol. The molecule has 0 unspecified atom stereocenters. The maximum Gasteiger partial charge on any atom is 0.225 e. The number of rotatable bonds is 3. The molecule has 0 saturated carbocycles. The van der Waals surface area contributed by atoms with Crippen molar-refractivity contribution in [2.45, 2.75) is 47.1 Å². The van der Waals surface area contributed by atoms with Crippen LogP contribution < -0.4 is 10.6 Å². The van der Waals surface area contributed by atoms with Crippen molar-refractivity contribution in [3.63, 3.8) is 0 Å². The maximum absolute atomic E-state index is 4.53. The van der Waals surface area contributed by atoms with E-state index in [1.165, 1.54) is 11.1 Å². The number of benzene rings is 1. The van der Waals surface area contributed by atoms with Gasteiger partial charge in [0.2, 0.25) is 5.95 Å². The average Bonchev–Trinajstić information content (AvgIpc) is 2.31. The van der Waals surface area contributed by atoms with Crippen LogP contribution >= 0.6 is 0 Å². The van der Waals surface area contributed by atoms with Gasteiger partial charge in [-0.2, -0.15) is 4.98 Å². The van der Waals surface area contributed by atoms with E-state index in [-0.39, 0.29) is 5.54 Å². The summed E-state index contributed by atoms with van der Waals surface area (Å²) in [5.74, 6) is 1.45. The number of aromatic nitrogens is 2. The Balaban J connectivity index is 2.25. The SMILES string of the molecule is Cc1cc(Nc2ccc(C)c(C)c2)nc(NC(C)(C)C)n1. The summed E-state index contributed by atoms with van der Waals surface area (Å²) in [6.07, 6.45) is 0. The van der Waals surface area contributed by atoms with Gasteiger partial charge in [-0.15, -0.1) is 0 Å². The van der Waals surface area contributed by atoms with Crippen molar-refractivity contribution in [2.75, 3.05) is 10.6 Å². The van der Waals surface area contributed by atoms with Gasteiger partial charge in [0.25, 0.3) is 0 Å². The molecule has 0 amide bonds. The first-order valence-corrected chi connectivity index (χ1v) is 7.21. The van der Waals surface area contributed by atoms with Crippen LogP contribution in [0.1, 0.15) is 37.6 Å². The van der Waals surface area contributed by atoms with E-state index in [0.717, 1.165) is 17.2 Å². The van der Waals surface area contributed by atoms with Crippen LogP contribution in [0, 0.1) is 20.8 Å². The van der Waals surface area contributed by atoms with Crippen molar-refractivity contribution in [3.05, 3.63) is 41.1 Å². The first-order valence-electron chi connectivity index (χ1n) is 7.21. The highest BCUT2D eigenvalue weighted by Crippen LogP contribution is 2.20. The van der Waals surface area contributed by atoms with Crippen LogP contribution in [-0.4, -0.2) is 15.5 Å². The standard InChI is InChI=1S/C17H24N4/c1-11-7-8-14(9-12(11)2)19-15-10-13(3)18-16(20-15)21-17(4,5)6/h7-10H,1-6H3,(H2,18,19,20,21). The monoisotopic (exact) mass is 284 g/mol. The Kier molecular flexibility index (Phi) is 4.16. The summed E-state index contributed by atoms with van der Waals surface area (Å²) < 4.78 is 0. The second-order valence-electron chi connectivity index (χ2n) is 6.52. The number of nitrogens with zero attached hydrogens (tertiary/aromatic N) is 2. The molecule has 1 aromatic heterocycles. The van der Waals surface area contributed by atoms with Gasteiger partial charge in [-0.3, -0.25) is 0 Å². The third-order valence-electron chi connectivity index (χ3n) is 3.12. The molecule has 112 valence electrons. The van der Waals surface area contributed by atoms with Gasteiger partial charge in [0.05, 0.1) is 0 Å². The third-order valence-corrected chi connectivity index (χ3v) is 3.12. The molecule has 4 nitrogen and oxygen atoms in total. The Hall–Kier alpha value is -2.10. The van der Waals surface area contributed by atoms with E-state index in [9.17, 15) is 0 Å². The van der Waals surface area contributed by atoms with Crippen LogP contribution in [0.15, 0.2) is 24.3 Å². The molecule has 0 bridgehead atoms. The first-order chi connectivity index (χ1) is 9.73. The fourth-order valence-corrected chi connectivity index (χ4v) is 1.99. The smallest absolute Gasteiger partial charge is 0.225 e. The maximum atomic E-state index is 4.53. The highest BCUT2D eigenvalue weighted by molar-refractivity contribution is 5.59. The molecule has 2 rings (SSSR count). The van der Waals surface area contributed by atoms with Gasteiger partial charge in [0.1, 0.15) is 5.82 Å². The van der Waals surface area contributed by atoms with Crippen molar-refractivity contribution in [2.24, 2.45) is 0 Å². The van der Waals surface area contributed by atoms with Gasteiger partial charge in [-0.25, -0.2) is 4.98 Å². The molecule has 4 heteroatoms. The molecule has 0 atom stereocenters. The molecule has 0 aliphatic heterocycles. The zero-order valence-electron chi connectivity index (χ0n) is 13.7. The van der Waals surface area contributed by atoms with Crippen LogP contribution in [-0.2, 0) is 0 Å². The summed E-state index contributed by atoms with van der Waals surface area (Å²) in [6.45, 7) is 12.5. The van der Waals surface area contributed by atoms with Crippen LogP contribution in [0.25, 0.3) is 0 Å². The average molecular weight is 284 g/mol. The minimum Gasteiger partial charge on any atom is -0.350 e. The van der Waals surface area contributed by atoms with Crippen molar-refractivity contribution in [3.8, 4) is 0 Å². The second kappa shape index (κ2) is 5.72. The molecule has 0 aliphatic rings. The van der Waals surface area contributed by atoms with E-state index in [1.807, 2.05) is 13.0 Å². The Labute approximate surface area is 127 Å². The fraction of sp³-hybridized carbons (Fsp3) is 0.412. The van der Waals surface area contributed by atoms with Gasteiger partial charge < -0.3 is 10.6 Å². The number of aryl methyl sites for hydroxylation is 3. The molecule has 1 heterocycles. The second-order valence-corrected chi connectivity index (χ2v) is 6.52. The van der Waals surface area contributed by atoms with Gasteiger partial charge in [0.15, 0.2) is 0 Å². The summed E-state index contributed by atoms with van der Waals surface area (Å²) >= 11 is 0. The molecule has 2 N–H and O–H groups in total. The quantitative estimate of drug-likeness (QED) is 0.879. The normalized spacial score (nSPS) is 11.3. The molecule has 0 fully saturated rings. The number of hydrogen-bond acceptors (Lipinski definition) is 4. The summed E-state index contributed by atoms with van der Waals surface area (Å²) in [5.41, 5.74) is 4.46. The molecular formula is C17H24N4. The number of hydrogen-bond donors (Lipinski definition) is 2. The number of anilines is 3. The topological polar surface area (TPSA) is 49.8 Å². The summed E-state index contributed by atoms with van der Waals surface area (Å²) in [6, 6.07) is 8.25. The summed E-state index contributed by atoms with van der Waals surface area (Å²) in [4.78, 5) is 8.96. The molecule has 1 aromatic carbocycles. The zero-order chi connectivity index (χ0) is 15.6. The lowest BCUT2D eigenvalue weighted by molar-refractivity contribution is 0.625. The molecule has 21 heavy (non-hydrogen) atoms. The summed E-state index contributed by atoms with van der Waals surface area (Å²) in [5, 5.41) is 6.65. The summed E-state index contributed by atoms with van der Waals surface area (Å²) in [7, 11) is 0. The van der Waals surface area contributed by atoms with Crippen molar-refractivity contribution < 1.29 is 0 Å². The molecular weight excluding hydrogens is 260 g/mol. The van der Waals surface area contributed by atoms with E-state index >= 15 is 0 Å². The van der Waals surface area contributed by atoms with E-state index in [4.69, 9.17) is 0 Å². The Morgan fingerprint density at radius 2 is 1.62 bits per heavy atom. The number of nitrogens with one attached hydrogen (secondary N) is 2. The Bertz CT molecular complexity index is 642. The lowest BCUT2D eigenvalue weighted by Gasteiger charge is -2.21. The van der Waals surface area contributed by atoms with Crippen LogP contribution in [0.5, 0.6) is 0 Å². The van der Waals surface area contributed by atoms with Crippen molar-refractivity contribution in [1.29, 1.82) is 0 Å². The van der Waals surface area contributed by atoms with E-state index in [0.29, 0.717) is 5.95 Å². The molecule has 0 aliphatic carbocycles. The van der Waals surface area contributed by atoms with Gasteiger partial charge in [0, 0.05) is 23.0 Å². The highest BCUT2D eigenvalue weighted by Gasteiger charge is 2.12. The Morgan fingerprint density at radius 1 is 0.905 bits per heavy atom. The van der Waals surface area contributed by atoms with E-state index in [2.05, 4.69) is 73.4 Å². The lowest BCUT2D eigenvalue weighted by atomic mass is 10.1. The lowest BCUT2D eigenvalue weighted by Crippen LogP contribution is -2.27. The fourth-order valence-electron chi connectivity index (χ4n) is 1.99. The van der Waals surface area contributed by atoms with Crippen LogP contribution in [0.2, 0.25) is 0 Å². The molecule has 0 radical (unpaired) electrons. The molecule has 0 saturated heterocycles. The minimum atomic E-state index is -0.0640. The van der Waals surface area contributed by atoms with Crippen molar-refractivity contribution >= 4 is 17.5 Å². The largest absolute Gasteiger partial charge is 0.350 e. The minimum absolute atomic E-state index is 0.0640. The predicted octanol–water partition coefficient (Wildman–Crippen LogP) is 4.36. The van der Waals surface area contributed by atoms with Gasteiger partial charge in [-0.05, 0) is 64.8 Å². The molecule has 0 spiro atoms.